The molecule has 2 aromatic carbocycles. The minimum Gasteiger partial charge on any atom is -0.494 e. The Hall–Kier alpha value is -2.53. The van der Waals surface area contributed by atoms with Crippen LogP contribution in [0.5, 0.6) is 5.75 Å². The summed E-state index contributed by atoms with van der Waals surface area (Å²) in [6, 6.07) is 19.2. The highest BCUT2D eigenvalue weighted by molar-refractivity contribution is 5.79. The molecule has 1 aliphatic rings. The molecule has 0 spiro atoms. The third-order valence-corrected chi connectivity index (χ3v) is 5.82. The van der Waals surface area contributed by atoms with Crippen molar-refractivity contribution in [2.75, 3.05) is 40.0 Å². The SMILES string of the molecule is CCOc1ccc(C2(CNC(=NC)NCCCc3ccccc3)CCOCC2)cc1. The van der Waals surface area contributed by atoms with Gasteiger partial charge in [-0.3, -0.25) is 4.99 Å². The van der Waals surface area contributed by atoms with Crippen molar-refractivity contribution in [3.8, 4) is 5.75 Å². The lowest BCUT2D eigenvalue weighted by atomic mass is 9.74. The molecule has 0 atom stereocenters. The van der Waals surface area contributed by atoms with Gasteiger partial charge in [0.1, 0.15) is 5.75 Å². The highest BCUT2D eigenvalue weighted by Gasteiger charge is 2.34. The predicted molar refractivity (Wildman–Crippen MR) is 123 cm³/mol. The van der Waals surface area contributed by atoms with E-state index in [-0.39, 0.29) is 5.41 Å². The maximum absolute atomic E-state index is 5.66. The van der Waals surface area contributed by atoms with E-state index in [2.05, 4.69) is 70.2 Å². The molecule has 0 saturated carbocycles. The summed E-state index contributed by atoms with van der Waals surface area (Å²) in [6.07, 6.45) is 4.14. The molecule has 3 rings (SSSR count). The number of ether oxygens (including phenoxy) is 2. The lowest BCUT2D eigenvalue weighted by Crippen LogP contribution is -2.48. The van der Waals surface area contributed by atoms with Crippen molar-refractivity contribution >= 4 is 5.96 Å². The van der Waals surface area contributed by atoms with E-state index in [1.54, 1.807) is 0 Å². The van der Waals surface area contributed by atoms with Crippen LogP contribution in [-0.2, 0) is 16.6 Å². The van der Waals surface area contributed by atoms with Gasteiger partial charge in [0.25, 0.3) is 0 Å². The number of hydrogen-bond acceptors (Lipinski definition) is 3. The number of guanidine groups is 1. The van der Waals surface area contributed by atoms with E-state index in [4.69, 9.17) is 9.47 Å². The first-order valence-corrected chi connectivity index (χ1v) is 11.1. The van der Waals surface area contributed by atoms with E-state index in [1.165, 1.54) is 11.1 Å². The molecule has 0 aromatic heterocycles. The lowest BCUT2D eigenvalue weighted by molar-refractivity contribution is 0.0513. The molecule has 0 amide bonds. The van der Waals surface area contributed by atoms with Gasteiger partial charge in [-0.25, -0.2) is 0 Å². The second kappa shape index (κ2) is 11.6. The van der Waals surface area contributed by atoms with Gasteiger partial charge in [-0.1, -0.05) is 42.5 Å². The average Bonchev–Trinajstić information content (AvgIpc) is 2.80. The van der Waals surface area contributed by atoms with E-state index < -0.39 is 0 Å². The first kappa shape index (κ1) is 22.2. The number of nitrogens with zero attached hydrogens (tertiary/aromatic N) is 1. The molecule has 1 aliphatic heterocycles. The summed E-state index contributed by atoms with van der Waals surface area (Å²) in [5.74, 6) is 1.78. The summed E-state index contributed by atoms with van der Waals surface area (Å²) in [4.78, 5) is 4.42. The van der Waals surface area contributed by atoms with E-state index in [9.17, 15) is 0 Å². The van der Waals surface area contributed by atoms with E-state index >= 15 is 0 Å². The third-order valence-electron chi connectivity index (χ3n) is 5.82. The highest BCUT2D eigenvalue weighted by Crippen LogP contribution is 2.35. The fourth-order valence-corrected chi connectivity index (χ4v) is 4.02. The molecule has 5 heteroatoms. The Labute approximate surface area is 180 Å². The van der Waals surface area contributed by atoms with Gasteiger partial charge in [0, 0.05) is 38.8 Å². The number of benzene rings is 2. The largest absolute Gasteiger partial charge is 0.494 e. The molecule has 0 bridgehead atoms. The zero-order chi connectivity index (χ0) is 21.1. The molecular weight excluding hydrogens is 374 g/mol. The summed E-state index contributed by atoms with van der Waals surface area (Å²) in [5, 5.41) is 7.03. The Balaban J connectivity index is 1.55. The van der Waals surface area contributed by atoms with Crippen molar-refractivity contribution in [1.82, 2.24) is 10.6 Å². The van der Waals surface area contributed by atoms with Crippen molar-refractivity contribution in [3.05, 3.63) is 65.7 Å². The molecule has 2 aromatic rings. The van der Waals surface area contributed by atoms with Crippen LogP contribution in [0.1, 0.15) is 37.3 Å². The van der Waals surface area contributed by atoms with Crippen LogP contribution in [0.15, 0.2) is 59.6 Å². The highest BCUT2D eigenvalue weighted by atomic mass is 16.5. The van der Waals surface area contributed by atoms with E-state index in [0.29, 0.717) is 6.61 Å². The molecule has 1 saturated heterocycles. The van der Waals surface area contributed by atoms with Crippen molar-refractivity contribution in [3.63, 3.8) is 0 Å². The number of aryl methyl sites for hydroxylation is 1. The topological polar surface area (TPSA) is 54.9 Å². The van der Waals surface area contributed by atoms with Crippen LogP contribution in [-0.4, -0.2) is 45.9 Å². The van der Waals surface area contributed by atoms with Gasteiger partial charge >= 0.3 is 0 Å². The summed E-state index contributed by atoms with van der Waals surface area (Å²) in [7, 11) is 1.83. The molecule has 0 aliphatic carbocycles. The third kappa shape index (κ3) is 6.23. The molecule has 1 fully saturated rings. The van der Waals surface area contributed by atoms with Crippen molar-refractivity contribution in [2.24, 2.45) is 4.99 Å². The number of hydrogen-bond donors (Lipinski definition) is 2. The monoisotopic (exact) mass is 409 g/mol. The van der Waals surface area contributed by atoms with Gasteiger partial charge in [-0.05, 0) is 55.9 Å². The molecule has 0 radical (unpaired) electrons. The Morgan fingerprint density at radius 2 is 1.77 bits per heavy atom. The second-order valence-corrected chi connectivity index (χ2v) is 7.79. The zero-order valence-corrected chi connectivity index (χ0v) is 18.3. The minimum atomic E-state index is 0.0463. The van der Waals surface area contributed by atoms with Crippen LogP contribution < -0.4 is 15.4 Å². The minimum absolute atomic E-state index is 0.0463. The average molecular weight is 410 g/mol. The standard InChI is InChI=1S/C25H35N3O2/c1-3-30-23-13-11-22(12-14-23)25(15-18-29-19-16-25)20-28-24(26-2)27-17-7-10-21-8-5-4-6-9-21/h4-6,8-9,11-14H,3,7,10,15-20H2,1-2H3,(H2,26,27,28). The lowest BCUT2D eigenvalue weighted by Gasteiger charge is -2.38. The Morgan fingerprint density at radius 1 is 1.03 bits per heavy atom. The molecule has 1 heterocycles. The molecular formula is C25H35N3O2. The van der Waals surface area contributed by atoms with Crippen LogP contribution in [0.25, 0.3) is 0 Å². The Bertz CT molecular complexity index is 769. The van der Waals surface area contributed by atoms with Crippen molar-refractivity contribution in [2.45, 2.75) is 38.0 Å². The number of rotatable bonds is 9. The van der Waals surface area contributed by atoms with E-state index in [0.717, 1.165) is 63.7 Å². The predicted octanol–water partition coefficient (Wildman–Crippen LogP) is 3.93. The normalized spacial score (nSPS) is 16.1. The first-order chi connectivity index (χ1) is 14.8. The van der Waals surface area contributed by atoms with Gasteiger partial charge < -0.3 is 20.1 Å². The maximum atomic E-state index is 5.66. The molecule has 0 unspecified atom stereocenters. The van der Waals surface area contributed by atoms with Crippen LogP contribution in [0.3, 0.4) is 0 Å². The van der Waals surface area contributed by atoms with Gasteiger partial charge in [0.2, 0.25) is 0 Å². The number of nitrogens with one attached hydrogen (secondary N) is 2. The first-order valence-electron chi connectivity index (χ1n) is 11.1. The van der Waals surface area contributed by atoms with E-state index in [1.807, 2.05) is 14.0 Å². The van der Waals surface area contributed by atoms with Crippen LogP contribution in [0.4, 0.5) is 0 Å². The molecule has 30 heavy (non-hydrogen) atoms. The summed E-state index contributed by atoms with van der Waals surface area (Å²) in [5.41, 5.74) is 2.75. The summed E-state index contributed by atoms with van der Waals surface area (Å²) < 4.78 is 11.3. The fraction of sp³-hybridized carbons (Fsp3) is 0.480. The van der Waals surface area contributed by atoms with Crippen molar-refractivity contribution < 1.29 is 9.47 Å². The quantitative estimate of drug-likeness (QED) is 0.374. The smallest absolute Gasteiger partial charge is 0.191 e. The van der Waals surface area contributed by atoms with Crippen LogP contribution in [0.2, 0.25) is 0 Å². The molecule has 162 valence electrons. The zero-order valence-electron chi connectivity index (χ0n) is 18.3. The van der Waals surface area contributed by atoms with Gasteiger partial charge in [0.05, 0.1) is 6.61 Å². The van der Waals surface area contributed by atoms with Crippen LogP contribution >= 0.6 is 0 Å². The Morgan fingerprint density at radius 3 is 2.43 bits per heavy atom. The van der Waals surface area contributed by atoms with Gasteiger partial charge in [-0.15, -0.1) is 0 Å². The van der Waals surface area contributed by atoms with Crippen molar-refractivity contribution in [1.29, 1.82) is 0 Å². The second-order valence-electron chi connectivity index (χ2n) is 7.79. The number of aliphatic imine (C=N–C) groups is 1. The van der Waals surface area contributed by atoms with Gasteiger partial charge in [-0.2, -0.15) is 0 Å². The molecule has 5 nitrogen and oxygen atoms in total. The van der Waals surface area contributed by atoms with Crippen LogP contribution in [0, 0.1) is 0 Å². The summed E-state index contributed by atoms with van der Waals surface area (Å²) >= 11 is 0. The molecule has 2 N–H and O–H groups in total. The summed E-state index contributed by atoms with van der Waals surface area (Å²) in [6.45, 7) is 6.01. The fourth-order valence-electron chi connectivity index (χ4n) is 4.02. The maximum Gasteiger partial charge on any atom is 0.191 e. The van der Waals surface area contributed by atoms with Gasteiger partial charge in [0.15, 0.2) is 5.96 Å². The Kier molecular flexibility index (Phi) is 8.57.